The summed E-state index contributed by atoms with van der Waals surface area (Å²) in [5.74, 6) is -1.97. The Kier molecular flexibility index (Phi) is 5.34. The maximum Gasteiger partial charge on any atom is 0.422 e. The zero-order valence-electron chi connectivity index (χ0n) is 12.2. The van der Waals surface area contributed by atoms with E-state index in [4.69, 9.17) is 16.7 Å². The molecule has 0 unspecified atom stereocenters. The number of rotatable bonds is 5. The van der Waals surface area contributed by atoms with Gasteiger partial charge in [-0.25, -0.2) is 8.42 Å². The lowest BCUT2D eigenvalue weighted by molar-refractivity contribution is -0.153. The molecule has 24 heavy (non-hydrogen) atoms. The lowest BCUT2D eigenvalue weighted by Crippen LogP contribution is -2.21. The quantitative estimate of drug-likeness (QED) is 0.839. The Hall–Kier alpha value is -1.48. The van der Waals surface area contributed by atoms with Gasteiger partial charge < -0.3 is 9.84 Å². The molecule has 0 aromatic heterocycles. The van der Waals surface area contributed by atoms with Crippen LogP contribution in [-0.4, -0.2) is 37.5 Å². The number of carboxylic acid groups (broad SMARTS) is 1. The van der Waals surface area contributed by atoms with Crippen LogP contribution in [0.5, 0.6) is 5.75 Å². The maximum absolute atomic E-state index is 12.6. The number of alkyl halides is 3. The molecule has 1 aliphatic carbocycles. The van der Waals surface area contributed by atoms with Crippen molar-refractivity contribution in [2.45, 2.75) is 35.6 Å². The lowest BCUT2D eigenvalue weighted by atomic mass is 10.1. The van der Waals surface area contributed by atoms with Gasteiger partial charge in [0.1, 0.15) is 5.75 Å². The van der Waals surface area contributed by atoms with Crippen molar-refractivity contribution < 1.29 is 36.2 Å². The Morgan fingerprint density at radius 1 is 1.33 bits per heavy atom. The van der Waals surface area contributed by atoms with Crippen LogP contribution in [0.3, 0.4) is 0 Å². The Bertz CT molecular complexity index is 732. The molecule has 5 nitrogen and oxygen atoms in total. The number of carboxylic acids is 1. The third-order valence-electron chi connectivity index (χ3n) is 3.78. The lowest BCUT2D eigenvalue weighted by Gasteiger charge is -2.14. The van der Waals surface area contributed by atoms with Crippen molar-refractivity contribution >= 4 is 27.4 Å². The topological polar surface area (TPSA) is 80.7 Å². The average Bonchev–Trinajstić information content (AvgIpc) is 2.95. The highest BCUT2D eigenvalue weighted by molar-refractivity contribution is 7.92. The van der Waals surface area contributed by atoms with Gasteiger partial charge in [-0.05, 0) is 31.4 Å². The fourth-order valence-electron chi connectivity index (χ4n) is 2.59. The number of carbonyl (C=O) groups is 1. The number of benzene rings is 1. The van der Waals surface area contributed by atoms with Crippen LogP contribution in [0.2, 0.25) is 5.02 Å². The number of aliphatic carboxylic acids is 1. The van der Waals surface area contributed by atoms with E-state index < -0.39 is 39.8 Å². The molecule has 1 aromatic carbocycles. The van der Waals surface area contributed by atoms with Crippen molar-refractivity contribution in [3.8, 4) is 5.75 Å². The van der Waals surface area contributed by atoms with E-state index in [9.17, 15) is 26.4 Å². The molecule has 0 saturated heterocycles. The summed E-state index contributed by atoms with van der Waals surface area (Å²) in [5.41, 5.74) is 0. The molecule has 0 heterocycles. The fraction of sp³-hybridized carbons (Fsp3) is 0.500. The molecule has 0 radical (unpaired) electrons. The highest BCUT2D eigenvalue weighted by Gasteiger charge is 2.39. The van der Waals surface area contributed by atoms with Crippen LogP contribution in [-0.2, 0) is 14.6 Å². The van der Waals surface area contributed by atoms with Crippen molar-refractivity contribution in [3.63, 3.8) is 0 Å². The molecule has 1 N–H and O–H groups in total. The number of ether oxygens (including phenoxy) is 1. The van der Waals surface area contributed by atoms with Gasteiger partial charge in [-0.15, -0.1) is 0 Å². The minimum Gasteiger partial charge on any atom is -0.484 e. The second-order valence-electron chi connectivity index (χ2n) is 5.51. The van der Waals surface area contributed by atoms with Crippen LogP contribution >= 0.6 is 11.6 Å². The van der Waals surface area contributed by atoms with Gasteiger partial charge in [0.15, 0.2) is 16.4 Å². The van der Waals surface area contributed by atoms with Crippen LogP contribution in [0.4, 0.5) is 13.2 Å². The van der Waals surface area contributed by atoms with Gasteiger partial charge in [0.25, 0.3) is 0 Å². The molecular formula is C14H14ClF3O5S. The van der Waals surface area contributed by atoms with Crippen LogP contribution in [0.25, 0.3) is 0 Å². The third-order valence-corrected chi connectivity index (χ3v) is 6.48. The molecule has 2 rings (SSSR count). The van der Waals surface area contributed by atoms with Crippen LogP contribution < -0.4 is 4.74 Å². The van der Waals surface area contributed by atoms with Crippen molar-refractivity contribution in [2.24, 2.45) is 5.92 Å². The number of hydrogen-bond acceptors (Lipinski definition) is 4. The normalized spacial score (nSPS) is 21.7. The van der Waals surface area contributed by atoms with E-state index >= 15 is 0 Å². The first kappa shape index (κ1) is 18.9. The molecule has 1 saturated carbocycles. The summed E-state index contributed by atoms with van der Waals surface area (Å²) in [7, 11) is -3.87. The van der Waals surface area contributed by atoms with Gasteiger partial charge in [-0.3, -0.25) is 4.79 Å². The molecular weight excluding hydrogens is 373 g/mol. The van der Waals surface area contributed by atoms with Gasteiger partial charge >= 0.3 is 12.1 Å². The predicted octanol–water partition coefficient (Wildman–Crippen LogP) is 3.31. The van der Waals surface area contributed by atoms with E-state index in [1.807, 2.05) is 0 Å². The zero-order valence-corrected chi connectivity index (χ0v) is 13.8. The molecule has 1 fully saturated rings. The third kappa shape index (κ3) is 4.32. The number of hydrogen-bond donors (Lipinski definition) is 1. The molecule has 1 aliphatic rings. The summed E-state index contributed by atoms with van der Waals surface area (Å²) in [4.78, 5) is 10.7. The smallest absolute Gasteiger partial charge is 0.422 e. The molecule has 1 aromatic rings. The van der Waals surface area contributed by atoms with Crippen molar-refractivity contribution in [3.05, 3.63) is 23.2 Å². The Morgan fingerprint density at radius 2 is 2.00 bits per heavy atom. The molecule has 0 bridgehead atoms. The average molecular weight is 387 g/mol. The van der Waals surface area contributed by atoms with Crippen LogP contribution in [0.1, 0.15) is 19.3 Å². The van der Waals surface area contributed by atoms with E-state index in [0.717, 1.165) is 18.2 Å². The van der Waals surface area contributed by atoms with Gasteiger partial charge in [-0.2, -0.15) is 13.2 Å². The van der Waals surface area contributed by atoms with Crippen LogP contribution in [0, 0.1) is 5.92 Å². The molecule has 134 valence electrons. The van der Waals surface area contributed by atoms with Crippen molar-refractivity contribution in [2.75, 3.05) is 6.61 Å². The number of halogens is 4. The minimum atomic E-state index is -4.52. The first-order valence-electron chi connectivity index (χ1n) is 6.96. The van der Waals surface area contributed by atoms with E-state index in [0.29, 0.717) is 0 Å². The minimum absolute atomic E-state index is 0.0136. The maximum atomic E-state index is 12.6. The summed E-state index contributed by atoms with van der Waals surface area (Å²) >= 11 is 5.88. The summed E-state index contributed by atoms with van der Waals surface area (Å²) < 4.78 is 66.0. The second-order valence-corrected chi connectivity index (χ2v) is 8.12. The molecule has 0 aliphatic heterocycles. The standard InChI is InChI=1S/C14H14ClF3O5S/c15-11-6-9(23-7-14(16,17)18)2-4-12(11)24(21,22)10-3-1-8(5-10)13(19)20/h2,4,6,8,10H,1,3,5,7H2,(H,19,20)/t8-,10-/m1/s1. The Morgan fingerprint density at radius 3 is 2.50 bits per heavy atom. The highest BCUT2D eigenvalue weighted by atomic mass is 35.5. The summed E-state index contributed by atoms with van der Waals surface area (Å²) in [6, 6.07) is 3.18. The summed E-state index contributed by atoms with van der Waals surface area (Å²) in [6.45, 7) is -1.52. The van der Waals surface area contributed by atoms with E-state index in [-0.39, 0.29) is 34.9 Å². The van der Waals surface area contributed by atoms with Crippen LogP contribution in [0.15, 0.2) is 23.1 Å². The predicted molar refractivity (Wildman–Crippen MR) is 79.0 cm³/mol. The highest BCUT2D eigenvalue weighted by Crippen LogP contribution is 2.37. The Balaban J connectivity index is 2.18. The number of sulfone groups is 1. The first-order valence-corrected chi connectivity index (χ1v) is 8.89. The van der Waals surface area contributed by atoms with Crippen molar-refractivity contribution in [1.82, 2.24) is 0 Å². The largest absolute Gasteiger partial charge is 0.484 e. The second kappa shape index (κ2) is 6.79. The zero-order chi connectivity index (χ0) is 18.1. The van der Waals surface area contributed by atoms with Gasteiger partial charge in [0.05, 0.1) is 21.1 Å². The van der Waals surface area contributed by atoms with Gasteiger partial charge in [0.2, 0.25) is 0 Å². The molecule has 10 heteroatoms. The Labute approximate surface area is 141 Å². The van der Waals surface area contributed by atoms with Crippen molar-refractivity contribution in [1.29, 1.82) is 0 Å². The van der Waals surface area contributed by atoms with Gasteiger partial charge in [-0.1, -0.05) is 11.6 Å². The fourth-order valence-corrected chi connectivity index (χ4v) is 4.97. The summed E-state index contributed by atoms with van der Waals surface area (Å²) in [6.07, 6.45) is -4.08. The van der Waals surface area contributed by atoms with Gasteiger partial charge in [0, 0.05) is 6.07 Å². The van der Waals surface area contributed by atoms with E-state index in [2.05, 4.69) is 4.74 Å². The van der Waals surface area contributed by atoms with E-state index in [1.165, 1.54) is 0 Å². The SMILES string of the molecule is O=C(O)[C@@H]1CC[C@@H](S(=O)(=O)c2ccc(OCC(F)(F)F)cc2Cl)C1. The summed E-state index contributed by atoms with van der Waals surface area (Å²) in [5, 5.41) is 7.82. The molecule has 0 spiro atoms. The molecule has 2 atom stereocenters. The first-order chi connectivity index (χ1) is 11.0. The monoisotopic (exact) mass is 386 g/mol. The molecule has 0 amide bonds. The van der Waals surface area contributed by atoms with E-state index in [1.54, 1.807) is 0 Å².